The highest BCUT2D eigenvalue weighted by Crippen LogP contribution is 2.49. The molecule has 0 amide bonds. The first-order chi connectivity index (χ1) is 17.5. The second kappa shape index (κ2) is 8.69. The first-order valence-electron chi connectivity index (χ1n) is 14.0. The largest absolute Gasteiger partial charge is 0.329 e. The van der Waals surface area contributed by atoms with Crippen molar-refractivity contribution in [1.29, 1.82) is 0 Å². The highest BCUT2D eigenvalue weighted by molar-refractivity contribution is 5.77. The maximum absolute atomic E-state index is 13.9. The van der Waals surface area contributed by atoms with Gasteiger partial charge >= 0.3 is 0 Å². The Hall–Kier alpha value is -2.73. The summed E-state index contributed by atoms with van der Waals surface area (Å²) in [6.07, 6.45) is 13.1. The molecule has 4 heterocycles. The van der Waals surface area contributed by atoms with Gasteiger partial charge in [-0.1, -0.05) is 19.1 Å². The number of pyridine rings is 1. The van der Waals surface area contributed by atoms with Gasteiger partial charge in [-0.25, -0.2) is 4.98 Å². The Kier molecular flexibility index (Phi) is 5.42. The van der Waals surface area contributed by atoms with Gasteiger partial charge in [-0.05, 0) is 99.8 Å². The van der Waals surface area contributed by atoms with Crippen molar-refractivity contribution in [2.45, 2.75) is 88.9 Å². The molecule has 2 aliphatic heterocycles. The summed E-state index contributed by atoms with van der Waals surface area (Å²) < 4.78 is 1.99. The summed E-state index contributed by atoms with van der Waals surface area (Å²) in [5.41, 5.74) is 1.88. The lowest BCUT2D eigenvalue weighted by Gasteiger charge is -2.50. The predicted molar refractivity (Wildman–Crippen MR) is 142 cm³/mol. The molecular formula is C30H36N4O2. The van der Waals surface area contributed by atoms with E-state index in [1.807, 2.05) is 28.8 Å². The smallest absolute Gasteiger partial charge is 0.278 e. The second-order valence-corrected chi connectivity index (χ2v) is 12.2. The molecule has 7 atom stereocenters. The monoisotopic (exact) mass is 484 g/mol. The minimum atomic E-state index is -0.268. The number of nitrogens with one attached hydrogen (secondary N) is 1. The standard InChI is InChI=1S/C30H36N4O2/c1-18-11-19-13-20(12-18)15-23(14-19)33-21-8-9-22(33)17-24(16-21)34-27-7-3-2-6-26(27)32-28(30(34)36)25-5-4-10-31-29(25)35/h2-7,10,18-24H,8-9,11-17H2,1H3,(H,31,35)/t18-,19-,20+,21-,22+,23+,24+. The van der Waals surface area contributed by atoms with Crippen molar-refractivity contribution in [3.8, 4) is 11.3 Å². The van der Waals surface area contributed by atoms with Crippen molar-refractivity contribution in [2.24, 2.45) is 17.8 Å². The zero-order valence-electron chi connectivity index (χ0n) is 21.1. The second-order valence-electron chi connectivity index (χ2n) is 12.2. The molecule has 4 fully saturated rings. The lowest BCUT2D eigenvalue weighted by molar-refractivity contribution is -0.000110. The number of aromatic amines is 1. The highest BCUT2D eigenvalue weighted by Gasteiger charge is 2.47. The summed E-state index contributed by atoms with van der Waals surface area (Å²) in [7, 11) is 0. The third-order valence-electron chi connectivity index (χ3n) is 9.77. The lowest BCUT2D eigenvalue weighted by Crippen LogP contribution is -2.53. The van der Waals surface area contributed by atoms with Crippen LogP contribution in [-0.4, -0.2) is 37.6 Å². The Morgan fingerprint density at radius 2 is 1.53 bits per heavy atom. The zero-order chi connectivity index (χ0) is 24.4. The molecule has 0 spiro atoms. The Labute approximate surface area is 211 Å². The van der Waals surface area contributed by atoms with Crippen LogP contribution < -0.4 is 11.1 Å². The molecule has 6 nitrogen and oxygen atoms in total. The maximum atomic E-state index is 13.9. The Bertz CT molecular complexity index is 1380. The van der Waals surface area contributed by atoms with Gasteiger partial charge in [0.05, 0.1) is 16.6 Å². The third-order valence-corrected chi connectivity index (χ3v) is 9.77. The molecular weight excluding hydrogens is 448 g/mol. The maximum Gasteiger partial charge on any atom is 0.278 e. The van der Waals surface area contributed by atoms with E-state index in [0.29, 0.717) is 17.6 Å². The topological polar surface area (TPSA) is 71.0 Å². The number of fused-ring (bicyclic) bond motifs is 5. The Morgan fingerprint density at radius 3 is 2.25 bits per heavy atom. The van der Waals surface area contributed by atoms with Gasteiger partial charge in [-0.3, -0.25) is 14.5 Å². The number of hydrogen-bond acceptors (Lipinski definition) is 4. The summed E-state index contributed by atoms with van der Waals surface area (Å²) in [5, 5.41) is 0. The molecule has 4 aliphatic rings. The van der Waals surface area contributed by atoms with Crippen molar-refractivity contribution in [3.05, 3.63) is 63.3 Å². The van der Waals surface area contributed by atoms with Crippen LogP contribution in [0.1, 0.15) is 70.8 Å². The van der Waals surface area contributed by atoms with Crippen LogP contribution in [0.5, 0.6) is 0 Å². The van der Waals surface area contributed by atoms with Gasteiger partial charge in [0.25, 0.3) is 11.1 Å². The van der Waals surface area contributed by atoms with Gasteiger partial charge in [0.15, 0.2) is 0 Å². The van der Waals surface area contributed by atoms with Gasteiger partial charge in [-0.15, -0.1) is 0 Å². The molecule has 6 heteroatoms. The van der Waals surface area contributed by atoms with E-state index < -0.39 is 0 Å². The van der Waals surface area contributed by atoms with Crippen LogP contribution in [0.4, 0.5) is 0 Å². The van der Waals surface area contributed by atoms with Crippen molar-refractivity contribution >= 4 is 11.0 Å². The quantitative estimate of drug-likeness (QED) is 0.559. The van der Waals surface area contributed by atoms with E-state index in [0.717, 1.165) is 47.7 Å². The van der Waals surface area contributed by atoms with Crippen LogP contribution in [0.3, 0.4) is 0 Å². The molecule has 0 unspecified atom stereocenters. The van der Waals surface area contributed by atoms with E-state index in [-0.39, 0.29) is 22.9 Å². The Balaban J connectivity index is 1.24. The van der Waals surface area contributed by atoms with E-state index in [1.54, 1.807) is 18.3 Å². The van der Waals surface area contributed by atoms with Gasteiger partial charge in [0, 0.05) is 30.4 Å². The van der Waals surface area contributed by atoms with Crippen LogP contribution in [0.2, 0.25) is 0 Å². The van der Waals surface area contributed by atoms with Gasteiger partial charge in [-0.2, -0.15) is 0 Å². The number of benzene rings is 1. The number of aromatic nitrogens is 3. The Morgan fingerprint density at radius 1 is 0.806 bits per heavy atom. The summed E-state index contributed by atoms with van der Waals surface area (Å²) in [6, 6.07) is 13.3. The van der Waals surface area contributed by atoms with E-state index >= 15 is 0 Å². The molecule has 2 aromatic heterocycles. The highest BCUT2D eigenvalue weighted by atomic mass is 16.1. The lowest BCUT2D eigenvalue weighted by atomic mass is 9.66. The van der Waals surface area contributed by atoms with Crippen LogP contribution in [0.15, 0.2) is 52.2 Å². The zero-order valence-corrected chi connectivity index (χ0v) is 21.1. The molecule has 3 aromatic rings. The van der Waals surface area contributed by atoms with Crippen LogP contribution >= 0.6 is 0 Å². The normalized spacial score (nSPS) is 34.2. The number of H-pyrrole nitrogens is 1. The number of hydrogen-bond donors (Lipinski definition) is 1. The van der Waals surface area contributed by atoms with Crippen molar-refractivity contribution in [1.82, 2.24) is 19.4 Å². The average molecular weight is 485 g/mol. The van der Waals surface area contributed by atoms with Crippen molar-refractivity contribution in [3.63, 3.8) is 0 Å². The van der Waals surface area contributed by atoms with Gasteiger partial charge in [0.1, 0.15) is 5.69 Å². The van der Waals surface area contributed by atoms with Crippen LogP contribution in [0, 0.1) is 17.8 Å². The van der Waals surface area contributed by atoms with Crippen molar-refractivity contribution < 1.29 is 0 Å². The fourth-order valence-electron chi connectivity index (χ4n) is 8.68. The molecule has 2 aliphatic carbocycles. The minimum absolute atomic E-state index is 0.135. The van der Waals surface area contributed by atoms with E-state index in [2.05, 4.69) is 21.8 Å². The van der Waals surface area contributed by atoms with E-state index in [1.165, 1.54) is 44.9 Å². The molecule has 0 radical (unpaired) electrons. The molecule has 36 heavy (non-hydrogen) atoms. The van der Waals surface area contributed by atoms with Gasteiger partial charge in [0.2, 0.25) is 0 Å². The molecule has 188 valence electrons. The minimum Gasteiger partial charge on any atom is -0.329 e. The molecule has 7 rings (SSSR count). The van der Waals surface area contributed by atoms with Crippen LogP contribution in [-0.2, 0) is 0 Å². The molecule has 1 N–H and O–H groups in total. The van der Waals surface area contributed by atoms with Gasteiger partial charge < -0.3 is 9.55 Å². The fraction of sp³-hybridized carbons (Fsp3) is 0.567. The van der Waals surface area contributed by atoms with E-state index in [4.69, 9.17) is 0 Å². The first-order valence-corrected chi connectivity index (χ1v) is 14.0. The molecule has 2 saturated carbocycles. The number of piperidine rings is 1. The van der Waals surface area contributed by atoms with E-state index in [9.17, 15) is 9.59 Å². The average Bonchev–Trinajstić information content (AvgIpc) is 3.13. The summed E-state index contributed by atoms with van der Waals surface area (Å²) in [4.78, 5) is 36.8. The third kappa shape index (κ3) is 3.68. The predicted octanol–water partition coefficient (Wildman–Crippen LogP) is 5.13. The summed E-state index contributed by atoms with van der Waals surface area (Å²) in [6.45, 7) is 2.45. The summed E-state index contributed by atoms with van der Waals surface area (Å²) in [5.74, 6) is 2.72. The van der Waals surface area contributed by atoms with Crippen LogP contribution in [0.25, 0.3) is 22.3 Å². The molecule has 2 saturated heterocycles. The number of nitrogens with zero attached hydrogens (tertiary/aromatic N) is 3. The summed E-state index contributed by atoms with van der Waals surface area (Å²) >= 11 is 0. The first kappa shape index (κ1) is 22.5. The SMILES string of the molecule is C[C@@H]1C[C@@H]2C[C@H](C1)C[C@@H](N1[C@@H]3CC[C@H]1C[C@@H](n1c(=O)c(-c4ccc[nH]c4=O)nc4ccccc41)C3)C2. The fourth-order valence-corrected chi connectivity index (χ4v) is 8.68. The molecule has 4 bridgehead atoms. The number of rotatable bonds is 3. The van der Waals surface area contributed by atoms with Crippen molar-refractivity contribution in [2.75, 3.05) is 0 Å². The number of para-hydroxylation sites is 2. The molecule has 1 aromatic carbocycles.